The zero-order valence-corrected chi connectivity index (χ0v) is 15.9. The maximum atomic E-state index is 12.3. The number of amides is 1. The molecule has 26 heavy (non-hydrogen) atoms. The molecule has 1 amide bonds. The van der Waals surface area contributed by atoms with Crippen molar-refractivity contribution in [3.63, 3.8) is 0 Å². The van der Waals surface area contributed by atoms with E-state index in [9.17, 15) is 4.79 Å². The van der Waals surface area contributed by atoms with Crippen LogP contribution in [0.3, 0.4) is 0 Å². The fraction of sp³-hybridized carbons (Fsp3) is 0.421. The number of anilines is 1. The minimum absolute atomic E-state index is 0.106. The first-order chi connectivity index (χ1) is 12.6. The molecule has 0 spiro atoms. The summed E-state index contributed by atoms with van der Waals surface area (Å²) < 4.78 is 11.2. The summed E-state index contributed by atoms with van der Waals surface area (Å²) >= 11 is 12.1. The average molecular weight is 397 g/mol. The Morgan fingerprint density at radius 2 is 2.19 bits per heavy atom. The van der Waals surface area contributed by atoms with E-state index in [1.165, 1.54) is 0 Å². The zero-order chi connectivity index (χ0) is 18.4. The van der Waals surface area contributed by atoms with E-state index in [0.29, 0.717) is 35.2 Å². The third-order valence-electron chi connectivity index (χ3n) is 4.30. The highest BCUT2D eigenvalue weighted by Crippen LogP contribution is 2.25. The van der Waals surface area contributed by atoms with E-state index in [4.69, 9.17) is 32.4 Å². The van der Waals surface area contributed by atoms with Gasteiger partial charge in [-0.15, -0.1) is 0 Å². The molecule has 1 atom stereocenters. The molecule has 1 aromatic heterocycles. The Bertz CT molecular complexity index is 716. The number of ether oxygens (including phenoxy) is 1. The van der Waals surface area contributed by atoms with Crippen molar-refractivity contribution in [2.45, 2.75) is 31.9 Å². The second kappa shape index (κ2) is 9.42. The maximum Gasteiger partial charge on any atom is 0.225 e. The predicted octanol–water partition coefficient (Wildman–Crippen LogP) is 4.60. The number of furan rings is 1. The summed E-state index contributed by atoms with van der Waals surface area (Å²) in [5, 5.41) is 3.82. The second-order valence-corrected chi connectivity index (χ2v) is 7.22. The topological polar surface area (TPSA) is 54.7 Å². The second-order valence-electron chi connectivity index (χ2n) is 6.37. The number of rotatable bonds is 8. The van der Waals surface area contributed by atoms with Crippen molar-refractivity contribution < 1.29 is 13.9 Å². The Morgan fingerprint density at radius 3 is 2.92 bits per heavy atom. The lowest BCUT2D eigenvalue weighted by Crippen LogP contribution is -2.34. The number of hydrogen-bond acceptors (Lipinski definition) is 4. The zero-order valence-electron chi connectivity index (χ0n) is 14.4. The summed E-state index contributed by atoms with van der Waals surface area (Å²) in [6, 6.07) is 8.81. The molecule has 0 radical (unpaired) electrons. The number of carbonyl (C=O) groups is 1. The Labute approximate surface area is 163 Å². The van der Waals surface area contributed by atoms with Crippen LogP contribution >= 0.6 is 23.2 Å². The molecule has 2 heterocycles. The molecule has 3 rings (SSSR count). The Balaban J connectivity index is 1.55. The van der Waals surface area contributed by atoms with E-state index in [2.05, 4.69) is 10.2 Å². The third kappa shape index (κ3) is 5.74. The molecule has 0 saturated carbocycles. The van der Waals surface area contributed by atoms with E-state index in [-0.39, 0.29) is 12.0 Å². The van der Waals surface area contributed by atoms with Gasteiger partial charge in [0.05, 0.1) is 29.6 Å². The third-order valence-corrected chi connectivity index (χ3v) is 4.87. The van der Waals surface area contributed by atoms with Gasteiger partial charge in [-0.2, -0.15) is 0 Å². The molecule has 1 aliphatic rings. The van der Waals surface area contributed by atoms with E-state index in [0.717, 1.165) is 31.8 Å². The number of nitrogens with one attached hydrogen (secondary N) is 1. The van der Waals surface area contributed by atoms with E-state index >= 15 is 0 Å². The molecule has 1 fully saturated rings. The minimum atomic E-state index is -0.106. The molecule has 1 aliphatic heterocycles. The first kappa shape index (κ1) is 19.2. The largest absolute Gasteiger partial charge is 0.468 e. The van der Waals surface area contributed by atoms with Gasteiger partial charge in [-0.1, -0.05) is 23.2 Å². The highest BCUT2D eigenvalue weighted by molar-refractivity contribution is 6.35. The van der Waals surface area contributed by atoms with Crippen LogP contribution in [0.1, 0.15) is 25.0 Å². The number of halogens is 2. The maximum absolute atomic E-state index is 12.3. The molecule has 1 N–H and O–H groups in total. The summed E-state index contributed by atoms with van der Waals surface area (Å²) in [6.07, 6.45) is 4.37. The van der Waals surface area contributed by atoms with Crippen LogP contribution in [0.15, 0.2) is 41.0 Å². The van der Waals surface area contributed by atoms with Crippen LogP contribution in [-0.4, -0.2) is 36.6 Å². The summed E-state index contributed by atoms with van der Waals surface area (Å²) in [5.74, 6) is 0.771. The van der Waals surface area contributed by atoms with Crippen LogP contribution < -0.4 is 5.32 Å². The number of carbonyl (C=O) groups excluding carboxylic acids is 1. The summed E-state index contributed by atoms with van der Waals surface area (Å²) in [6.45, 7) is 2.85. The number of benzene rings is 1. The number of hydrogen-bond donors (Lipinski definition) is 1. The lowest BCUT2D eigenvalue weighted by atomic mass is 10.2. The van der Waals surface area contributed by atoms with Crippen LogP contribution in [0.5, 0.6) is 0 Å². The molecule has 2 aromatic rings. The molecular weight excluding hydrogens is 375 g/mol. The van der Waals surface area contributed by atoms with Gasteiger partial charge in [0.25, 0.3) is 0 Å². The fourth-order valence-corrected chi connectivity index (χ4v) is 3.34. The Kier molecular flexibility index (Phi) is 6.97. The molecule has 7 heteroatoms. The molecule has 0 aliphatic carbocycles. The SMILES string of the molecule is O=C(CCN(Cc1ccco1)CC1CCCO1)Nc1cc(Cl)ccc1Cl. The first-order valence-corrected chi connectivity index (χ1v) is 9.47. The van der Waals surface area contributed by atoms with Crippen molar-refractivity contribution in [1.29, 1.82) is 0 Å². The van der Waals surface area contributed by atoms with Crippen LogP contribution in [0.2, 0.25) is 10.0 Å². The van der Waals surface area contributed by atoms with Gasteiger partial charge in [0.1, 0.15) is 5.76 Å². The van der Waals surface area contributed by atoms with Gasteiger partial charge >= 0.3 is 0 Å². The van der Waals surface area contributed by atoms with Gasteiger partial charge in [-0.05, 0) is 43.2 Å². The van der Waals surface area contributed by atoms with Crippen LogP contribution in [0, 0.1) is 0 Å². The van der Waals surface area contributed by atoms with Gasteiger partial charge in [0.2, 0.25) is 5.91 Å². The van der Waals surface area contributed by atoms with Gasteiger partial charge in [-0.25, -0.2) is 0 Å². The van der Waals surface area contributed by atoms with Gasteiger partial charge in [0.15, 0.2) is 0 Å². The van der Waals surface area contributed by atoms with Crippen LogP contribution in [0.4, 0.5) is 5.69 Å². The first-order valence-electron chi connectivity index (χ1n) is 8.71. The monoisotopic (exact) mass is 396 g/mol. The highest BCUT2D eigenvalue weighted by atomic mass is 35.5. The highest BCUT2D eigenvalue weighted by Gasteiger charge is 2.20. The van der Waals surface area contributed by atoms with Crippen molar-refractivity contribution in [1.82, 2.24) is 4.90 Å². The normalized spacial score (nSPS) is 17.0. The van der Waals surface area contributed by atoms with Crippen LogP contribution in [0.25, 0.3) is 0 Å². The minimum Gasteiger partial charge on any atom is -0.468 e. The number of nitrogens with zero attached hydrogens (tertiary/aromatic N) is 1. The molecule has 1 saturated heterocycles. The van der Waals surface area contributed by atoms with E-state index in [1.54, 1.807) is 24.5 Å². The summed E-state index contributed by atoms with van der Waals surface area (Å²) in [5.41, 5.74) is 0.529. The van der Waals surface area contributed by atoms with Crippen molar-refractivity contribution >= 4 is 34.8 Å². The van der Waals surface area contributed by atoms with E-state index in [1.807, 2.05) is 12.1 Å². The Hall–Kier alpha value is -1.53. The van der Waals surface area contributed by atoms with Crippen molar-refractivity contribution in [3.05, 3.63) is 52.4 Å². The van der Waals surface area contributed by atoms with Crippen molar-refractivity contribution in [3.8, 4) is 0 Å². The van der Waals surface area contributed by atoms with E-state index < -0.39 is 0 Å². The average Bonchev–Trinajstić information content (AvgIpc) is 3.30. The Morgan fingerprint density at radius 1 is 1.31 bits per heavy atom. The van der Waals surface area contributed by atoms with Gasteiger partial charge < -0.3 is 14.5 Å². The van der Waals surface area contributed by atoms with Crippen molar-refractivity contribution in [2.24, 2.45) is 0 Å². The molecule has 5 nitrogen and oxygen atoms in total. The molecule has 0 bridgehead atoms. The standard InChI is InChI=1S/C19H22Cl2N2O3/c20-14-5-6-17(21)18(11-14)22-19(24)7-8-23(12-15-3-1-9-25-15)13-16-4-2-10-26-16/h1,3,5-6,9,11,16H,2,4,7-8,10,12-13H2,(H,22,24). The van der Waals surface area contributed by atoms with Crippen LogP contribution in [-0.2, 0) is 16.1 Å². The lowest BCUT2D eigenvalue weighted by molar-refractivity contribution is -0.116. The molecular formula is C19H22Cl2N2O3. The predicted molar refractivity (Wildman–Crippen MR) is 103 cm³/mol. The van der Waals surface area contributed by atoms with Gasteiger partial charge in [0, 0.05) is 31.1 Å². The molecule has 1 unspecified atom stereocenters. The fourth-order valence-electron chi connectivity index (χ4n) is 3.00. The van der Waals surface area contributed by atoms with Crippen molar-refractivity contribution in [2.75, 3.05) is 25.0 Å². The molecule has 1 aromatic carbocycles. The summed E-state index contributed by atoms with van der Waals surface area (Å²) in [7, 11) is 0. The summed E-state index contributed by atoms with van der Waals surface area (Å²) in [4.78, 5) is 14.5. The lowest BCUT2D eigenvalue weighted by Gasteiger charge is -2.24. The quantitative estimate of drug-likeness (QED) is 0.708. The van der Waals surface area contributed by atoms with Gasteiger partial charge in [-0.3, -0.25) is 9.69 Å². The smallest absolute Gasteiger partial charge is 0.225 e. The molecule has 140 valence electrons.